The molecule has 1 atom stereocenters. The molecule has 0 unspecified atom stereocenters. The van der Waals surface area contributed by atoms with Gasteiger partial charge in [0, 0.05) is 10.6 Å². The SMILES string of the molecule is O=C(O)[C@@H]1OC(c2cccc(Cl)c2)=NC12CC2. The summed E-state index contributed by atoms with van der Waals surface area (Å²) in [4.78, 5) is 15.5. The van der Waals surface area contributed by atoms with Crippen molar-refractivity contribution in [1.82, 2.24) is 0 Å². The van der Waals surface area contributed by atoms with Crippen LogP contribution in [0.15, 0.2) is 29.3 Å². The second kappa shape index (κ2) is 3.47. The summed E-state index contributed by atoms with van der Waals surface area (Å²) < 4.78 is 5.43. The van der Waals surface area contributed by atoms with E-state index in [4.69, 9.17) is 21.4 Å². The molecule has 0 aromatic heterocycles. The maximum absolute atomic E-state index is 11.1. The fraction of sp³-hybridized carbons (Fsp3) is 0.333. The zero-order valence-corrected chi connectivity index (χ0v) is 9.65. The highest BCUT2D eigenvalue weighted by atomic mass is 35.5. The highest BCUT2D eigenvalue weighted by molar-refractivity contribution is 6.31. The zero-order chi connectivity index (χ0) is 12.0. The maximum Gasteiger partial charge on any atom is 0.347 e. The van der Waals surface area contributed by atoms with Gasteiger partial charge in [-0.15, -0.1) is 0 Å². The van der Waals surface area contributed by atoms with E-state index in [0.717, 1.165) is 18.4 Å². The van der Waals surface area contributed by atoms with Crippen molar-refractivity contribution in [2.45, 2.75) is 24.5 Å². The van der Waals surface area contributed by atoms with Crippen molar-refractivity contribution >= 4 is 23.5 Å². The number of ether oxygens (including phenoxy) is 1. The second-order valence-electron chi connectivity index (χ2n) is 4.37. The minimum atomic E-state index is -0.955. The van der Waals surface area contributed by atoms with Gasteiger partial charge < -0.3 is 9.84 Å². The van der Waals surface area contributed by atoms with Crippen LogP contribution in [0.4, 0.5) is 0 Å². The molecule has 5 heteroatoms. The van der Waals surface area contributed by atoms with E-state index in [0.29, 0.717) is 10.9 Å². The Morgan fingerprint density at radius 2 is 2.29 bits per heavy atom. The first-order chi connectivity index (χ1) is 8.11. The third kappa shape index (κ3) is 1.69. The standard InChI is InChI=1S/C12H10ClNO3/c13-8-3-1-2-7(6-8)10-14-12(4-5-12)9(17-10)11(15)16/h1-3,6,9H,4-5H2,(H,15,16)/t9-/m0/s1. The molecule has 1 heterocycles. The van der Waals surface area contributed by atoms with Gasteiger partial charge in [-0.2, -0.15) is 0 Å². The summed E-state index contributed by atoms with van der Waals surface area (Å²) in [5, 5.41) is 9.66. The maximum atomic E-state index is 11.1. The van der Waals surface area contributed by atoms with Crippen LogP contribution in [0, 0.1) is 0 Å². The van der Waals surface area contributed by atoms with Gasteiger partial charge in [0.15, 0.2) is 0 Å². The molecule has 0 radical (unpaired) electrons. The molecule has 1 aromatic carbocycles. The van der Waals surface area contributed by atoms with Gasteiger partial charge in [0.1, 0.15) is 5.54 Å². The molecule has 1 aliphatic carbocycles. The number of carboxylic acids is 1. The van der Waals surface area contributed by atoms with Gasteiger partial charge in [0.05, 0.1) is 0 Å². The Labute approximate surface area is 103 Å². The Morgan fingerprint density at radius 1 is 1.53 bits per heavy atom. The molecular weight excluding hydrogens is 242 g/mol. The first-order valence-corrected chi connectivity index (χ1v) is 5.74. The molecule has 1 aliphatic heterocycles. The Bertz CT molecular complexity index is 522. The van der Waals surface area contributed by atoms with E-state index in [1.165, 1.54) is 0 Å². The highest BCUT2D eigenvalue weighted by Gasteiger charge is 2.59. The van der Waals surface area contributed by atoms with Gasteiger partial charge >= 0.3 is 5.97 Å². The van der Waals surface area contributed by atoms with Gasteiger partial charge in [-0.05, 0) is 31.0 Å². The quantitative estimate of drug-likeness (QED) is 0.876. The lowest BCUT2D eigenvalue weighted by Crippen LogP contribution is -2.32. The van der Waals surface area contributed by atoms with Gasteiger partial charge in [-0.3, -0.25) is 0 Å². The highest BCUT2D eigenvalue weighted by Crippen LogP contribution is 2.48. The summed E-state index contributed by atoms with van der Waals surface area (Å²) in [6, 6.07) is 7.07. The number of halogens is 1. The van der Waals surface area contributed by atoms with E-state index in [1.54, 1.807) is 18.2 Å². The van der Waals surface area contributed by atoms with Crippen LogP contribution in [0.5, 0.6) is 0 Å². The normalized spacial score (nSPS) is 24.3. The van der Waals surface area contributed by atoms with E-state index in [-0.39, 0.29) is 0 Å². The van der Waals surface area contributed by atoms with E-state index in [1.807, 2.05) is 6.07 Å². The van der Waals surface area contributed by atoms with Gasteiger partial charge in [0.2, 0.25) is 12.0 Å². The van der Waals surface area contributed by atoms with Crippen molar-refractivity contribution in [1.29, 1.82) is 0 Å². The molecule has 0 amide bonds. The fourth-order valence-corrected chi connectivity index (χ4v) is 2.24. The first kappa shape index (κ1) is 10.6. The molecule has 1 fully saturated rings. The van der Waals surface area contributed by atoms with Crippen LogP contribution in [0.2, 0.25) is 5.02 Å². The number of hydrogen-bond acceptors (Lipinski definition) is 3. The van der Waals surface area contributed by atoms with Crippen molar-refractivity contribution in [2.24, 2.45) is 4.99 Å². The van der Waals surface area contributed by atoms with Crippen LogP contribution in [-0.4, -0.2) is 28.6 Å². The third-order valence-electron chi connectivity index (χ3n) is 3.10. The van der Waals surface area contributed by atoms with Crippen LogP contribution in [0.3, 0.4) is 0 Å². The van der Waals surface area contributed by atoms with E-state index in [9.17, 15) is 4.79 Å². The number of hydrogen-bond donors (Lipinski definition) is 1. The molecule has 0 saturated heterocycles. The fourth-order valence-electron chi connectivity index (χ4n) is 2.04. The molecule has 1 aromatic rings. The van der Waals surface area contributed by atoms with Gasteiger partial charge in [-0.1, -0.05) is 17.7 Å². The molecule has 3 rings (SSSR count). The Balaban J connectivity index is 1.94. The van der Waals surface area contributed by atoms with Crippen molar-refractivity contribution in [3.63, 3.8) is 0 Å². The topological polar surface area (TPSA) is 58.9 Å². The lowest BCUT2D eigenvalue weighted by Gasteiger charge is -2.10. The van der Waals surface area contributed by atoms with E-state index < -0.39 is 17.6 Å². The number of nitrogens with zero attached hydrogens (tertiary/aromatic N) is 1. The molecule has 4 nitrogen and oxygen atoms in total. The minimum Gasteiger partial charge on any atom is -0.478 e. The molecular formula is C12H10ClNO3. The van der Waals surface area contributed by atoms with Gasteiger partial charge in [0.25, 0.3) is 0 Å². The van der Waals surface area contributed by atoms with Crippen LogP contribution in [-0.2, 0) is 9.53 Å². The van der Waals surface area contributed by atoms with Crippen molar-refractivity contribution in [3.05, 3.63) is 34.9 Å². The van der Waals surface area contributed by atoms with E-state index in [2.05, 4.69) is 4.99 Å². The summed E-state index contributed by atoms with van der Waals surface area (Å²) in [6.45, 7) is 0. The number of rotatable bonds is 2. The van der Waals surface area contributed by atoms with Gasteiger partial charge in [-0.25, -0.2) is 9.79 Å². The molecule has 1 spiro atoms. The predicted octanol–water partition coefficient (Wildman–Crippen LogP) is 2.10. The Morgan fingerprint density at radius 3 is 2.82 bits per heavy atom. The number of aliphatic imine (C=N–C) groups is 1. The molecule has 88 valence electrons. The van der Waals surface area contributed by atoms with Crippen molar-refractivity contribution < 1.29 is 14.6 Å². The largest absolute Gasteiger partial charge is 0.478 e. The van der Waals surface area contributed by atoms with Crippen LogP contribution in [0.25, 0.3) is 0 Å². The number of benzene rings is 1. The average molecular weight is 252 g/mol. The third-order valence-corrected chi connectivity index (χ3v) is 3.33. The number of aliphatic carboxylic acids is 1. The lowest BCUT2D eigenvalue weighted by molar-refractivity contribution is -0.146. The Hall–Kier alpha value is -1.55. The molecule has 2 aliphatic rings. The minimum absolute atomic E-state index is 0.386. The first-order valence-electron chi connectivity index (χ1n) is 5.36. The number of carboxylic acid groups (broad SMARTS) is 1. The average Bonchev–Trinajstić information content (AvgIpc) is 2.91. The lowest BCUT2D eigenvalue weighted by atomic mass is 10.1. The number of carbonyl (C=O) groups is 1. The predicted molar refractivity (Wildman–Crippen MR) is 62.5 cm³/mol. The summed E-state index contributed by atoms with van der Waals surface area (Å²) >= 11 is 5.88. The van der Waals surface area contributed by atoms with Crippen LogP contribution < -0.4 is 0 Å². The zero-order valence-electron chi connectivity index (χ0n) is 8.89. The Kier molecular flexibility index (Phi) is 2.16. The summed E-state index contributed by atoms with van der Waals surface area (Å²) in [5.41, 5.74) is 0.205. The van der Waals surface area contributed by atoms with Crippen LogP contribution >= 0.6 is 11.6 Å². The molecule has 17 heavy (non-hydrogen) atoms. The smallest absolute Gasteiger partial charge is 0.347 e. The second-order valence-corrected chi connectivity index (χ2v) is 4.80. The van der Waals surface area contributed by atoms with Crippen molar-refractivity contribution in [2.75, 3.05) is 0 Å². The summed E-state index contributed by atoms with van der Waals surface area (Å²) in [6.07, 6.45) is 0.693. The van der Waals surface area contributed by atoms with Crippen molar-refractivity contribution in [3.8, 4) is 0 Å². The van der Waals surface area contributed by atoms with Crippen LogP contribution in [0.1, 0.15) is 18.4 Å². The monoisotopic (exact) mass is 251 g/mol. The van der Waals surface area contributed by atoms with E-state index >= 15 is 0 Å². The molecule has 1 saturated carbocycles. The summed E-state index contributed by atoms with van der Waals surface area (Å²) in [5.74, 6) is -0.569. The summed E-state index contributed by atoms with van der Waals surface area (Å²) in [7, 11) is 0. The molecule has 0 bridgehead atoms. The molecule has 1 N–H and O–H groups in total.